The van der Waals surface area contributed by atoms with E-state index < -0.39 is 0 Å². The lowest BCUT2D eigenvalue weighted by atomic mass is 9.76. The standard InChI is InChI=1S/C14H21NO2/c1-16-13-7-2-3-8-14(13)17-10-12(9-15)11-5-4-6-11/h2-3,7-8,11-12H,4-6,9-10,15H2,1H3. The summed E-state index contributed by atoms with van der Waals surface area (Å²) < 4.78 is 11.1. The molecule has 2 rings (SSSR count). The molecule has 94 valence electrons. The van der Waals surface area contributed by atoms with E-state index >= 15 is 0 Å². The molecule has 2 N–H and O–H groups in total. The molecule has 1 aromatic carbocycles. The number of rotatable bonds is 6. The van der Waals surface area contributed by atoms with Crippen LogP contribution in [-0.4, -0.2) is 20.3 Å². The highest BCUT2D eigenvalue weighted by Gasteiger charge is 2.26. The van der Waals surface area contributed by atoms with Crippen LogP contribution < -0.4 is 15.2 Å². The van der Waals surface area contributed by atoms with Gasteiger partial charge in [0.1, 0.15) is 0 Å². The lowest BCUT2D eigenvalue weighted by Gasteiger charge is -2.32. The second-order valence-electron chi connectivity index (χ2n) is 4.65. The minimum Gasteiger partial charge on any atom is -0.493 e. The van der Waals surface area contributed by atoms with E-state index in [9.17, 15) is 0 Å². The maximum absolute atomic E-state index is 5.83. The van der Waals surface area contributed by atoms with E-state index in [1.54, 1.807) is 7.11 Å². The van der Waals surface area contributed by atoms with Crippen molar-refractivity contribution in [2.45, 2.75) is 19.3 Å². The van der Waals surface area contributed by atoms with Crippen molar-refractivity contribution in [2.75, 3.05) is 20.3 Å². The van der Waals surface area contributed by atoms with Crippen LogP contribution >= 0.6 is 0 Å². The highest BCUT2D eigenvalue weighted by molar-refractivity contribution is 5.39. The molecule has 1 aliphatic carbocycles. The number of benzene rings is 1. The van der Waals surface area contributed by atoms with Crippen molar-refractivity contribution >= 4 is 0 Å². The zero-order chi connectivity index (χ0) is 12.1. The molecule has 1 fully saturated rings. The topological polar surface area (TPSA) is 44.5 Å². The fourth-order valence-electron chi connectivity index (χ4n) is 2.24. The van der Waals surface area contributed by atoms with Gasteiger partial charge in [0.2, 0.25) is 0 Å². The smallest absolute Gasteiger partial charge is 0.161 e. The molecular weight excluding hydrogens is 214 g/mol. The first-order valence-corrected chi connectivity index (χ1v) is 6.31. The molecule has 1 aromatic rings. The van der Waals surface area contributed by atoms with Crippen molar-refractivity contribution in [1.29, 1.82) is 0 Å². The first kappa shape index (κ1) is 12.2. The first-order chi connectivity index (χ1) is 8.35. The normalized spacial score (nSPS) is 17.3. The first-order valence-electron chi connectivity index (χ1n) is 6.31. The van der Waals surface area contributed by atoms with E-state index in [4.69, 9.17) is 15.2 Å². The molecule has 1 atom stereocenters. The number of hydrogen-bond donors (Lipinski definition) is 1. The minimum atomic E-state index is 0.480. The minimum absolute atomic E-state index is 0.480. The van der Waals surface area contributed by atoms with Gasteiger partial charge in [-0.3, -0.25) is 0 Å². The SMILES string of the molecule is COc1ccccc1OCC(CN)C1CCC1. The monoisotopic (exact) mass is 235 g/mol. The average Bonchev–Trinajstić information content (AvgIpc) is 2.32. The summed E-state index contributed by atoms with van der Waals surface area (Å²) in [6, 6.07) is 7.75. The lowest BCUT2D eigenvalue weighted by Crippen LogP contribution is -2.32. The maximum Gasteiger partial charge on any atom is 0.161 e. The van der Waals surface area contributed by atoms with Gasteiger partial charge in [-0.25, -0.2) is 0 Å². The highest BCUT2D eigenvalue weighted by atomic mass is 16.5. The van der Waals surface area contributed by atoms with Gasteiger partial charge in [-0.1, -0.05) is 18.6 Å². The van der Waals surface area contributed by atoms with Crippen LogP contribution in [0.25, 0.3) is 0 Å². The molecule has 0 aliphatic heterocycles. The van der Waals surface area contributed by atoms with Crippen LogP contribution in [0.4, 0.5) is 0 Å². The molecule has 0 amide bonds. The average molecular weight is 235 g/mol. The molecule has 1 aliphatic rings. The van der Waals surface area contributed by atoms with Gasteiger partial charge < -0.3 is 15.2 Å². The molecule has 0 saturated heterocycles. The van der Waals surface area contributed by atoms with Gasteiger partial charge >= 0.3 is 0 Å². The molecule has 0 aromatic heterocycles. The quantitative estimate of drug-likeness (QED) is 0.823. The molecule has 0 bridgehead atoms. The molecule has 1 unspecified atom stereocenters. The van der Waals surface area contributed by atoms with E-state index in [1.165, 1.54) is 19.3 Å². The van der Waals surface area contributed by atoms with Crippen molar-refractivity contribution in [3.63, 3.8) is 0 Å². The molecule has 1 saturated carbocycles. The van der Waals surface area contributed by atoms with Crippen molar-refractivity contribution in [3.05, 3.63) is 24.3 Å². The van der Waals surface area contributed by atoms with Crippen molar-refractivity contribution in [3.8, 4) is 11.5 Å². The summed E-state index contributed by atoms with van der Waals surface area (Å²) in [6.45, 7) is 1.40. The molecule has 17 heavy (non-hydrogen) atoms. The Hall–Kier alpha value is -1.22. The Morgan fingerprint density at radius 3 is 2.53 bits per heavy atom. The summed E-state index contributed by atoms with van der Waals surface area (Å²) in [4.78, 5) is 0. The van der Waals surface area contributed by atoms with Gasteiger partial charge in [0.05, 0.1) is 13.7 Å². The molecule has 0 radical (unpaired) electrons. The molecule has 0 spiro atoms. The summed E-state index contributed by atoms with van der Waals surface area (Å²) in [7, 11) is 1.66. The third-order valence-electron chi connectivity index (χ3n) is 3.64. The van der Waals surface area contributed by atoms with Crippen molar-refractivity contribution in [2.24, 2.45) is 17.6 Å². The van der Waals surface area contributed by atoms with Crippen LogP contribution in [0.1, 0.15) is 19.3 Å². The second kappa shape index (κ2) is 5.92. The Balaban J connectivity index is 1.91. The van der Waals surface area contributed by atoms with Crippen molar-refractivity contribution < 1.29 is 9.47 Å². The Bertz CT molecular complexity index is 350. The van der Waals surface area contributed by atoms with Crippen LogP contribution in [0.3, 0.4) is 0 Å². The number of ether oxygens (including phenoxy) is 2. The predicted octanol–water partition coefficient (Wildman–Crippen LogP) is 2.45. The lowest BCUT2D eigenvalue weighted by molar-refractivity contribution is 0.139. The Morgan fingerprint density at radius 1 is 1.29 bits per heavy atom. The van der Waals surface area contributed by atoms with Gasteiger partial charge in [0, 0.05) is 5.92 Å². The zero-order valence-corrected chi connectivity index (χ0v) is 10.4. The summed E-state index contributed by atoms with van der Waals surface area (Å²) >= 11 is 0. The van der Waals surface area contributed by atoms with Gasteiger partial charge in [-0.15, -0.1) is 0 Å². The summed E-state index contributed by atoms with van der Waals surface area (Å²) in [5.41, 5.74) is 5.81. The maximum atomic E-state index is 5.83. The molecule has 3 heteroatoms. The van der Waals surface area contributed by atoms with Gasteiger partial charge in [-0.2, -0.15) is 0 Å². The van der Waals surface area contributed by atoms with Crippen LogP contribution in [0.15, 0.2) is 24.3 Å². The van der Waals surface area contributed by atoms with Crippen LogP contribution in [0.5, 0.6) is 11.5 Å². The van der Waals surface area contributed by atoms with E-state index in [0.29, 0.717) is 19.1 Å². The number of methoxy groups -OCH3 is 1. The summed E-state index contributed by atoms with van der Waals surface area (Å²) in [5.74, 6) is 2.84. The van der Waals surface area contributed by atoms with E-state index in [-0.39, 0.29) is 0 Å². The number of para-hydroxylation sites is 2. The number of hydrogen-bond acceptors (Lipinski definition) is 3. The third-order valence-corrected chi connectivity index (χ3v) is 3.64. The second-order valence-corrected chi connectivity index (χ2v) is 4.65. The van der Waals surface area contributed by atoms with Crippen molar-refractivity contribution in [1.82, 2.24) is 0 Å². The fourth-order valence-corrected chi connectivity index (χ4v) is 2.24. The summed E-state index contributed by atoms with van der Waals surface area (Å²) in [5, 5.41) is 0. The van der Waals surface area contributed by atoms with Crippen LogP contribution in [0.2, 0.25) is 0 Å². The van der Waals surface area contributed by atoms with E-state index in [1.807, 2.05) is 24.3 Å². The number of nitrogens with two attached hydrogens (primary N) is 1. The van der Waals surface area contributed by atoms with E-state index in [0.717, 1.165) is 17.4 Å². The van der Waals surface area contributed by atoms with E-state index in [2.05, 4.69) is 0 Å². The van der Waals surface area contributed by atoms with Gasteiger partial charge in [0.15, 0.2) is 11.5 Å². The third kappa shape index (κ3) is 2.91. The van der Waals surface area contributed by atoms with Crippen LogP contribution in [-0.2, 0) is 0 Å². The largest absolute Gasteiger partial charge is 0.493 e. The molecule has 0 heterocycles. The van der Waals surface area contributed by atoms with Gasteiger partial charge in [-0.05, 0) is 37.4 Å². The Morgan fingerprint density at radius 2 is 2.00 bits per heavy atom. The molecular formula is C14H21NO2. The summed E-state index contributed by atoms with van der Waals surface area (Å²) in [6.07, 6.45) is 3.95. The predicted molar refractivity (Wildman–Crippen MR) is 68.4 cm³/mol. The highest BCUT2D eigenvalue weighted by Crippen LogP contribution is 2.34. The van der Waals surface area contributed by atoms with Crippen LogP contribution in [0, 0.1) is 11.8 Å². The Labute approximate surface area is 103 Å². The fraction of sp³-hybridized carbons (Fsp3) is 0.571. The Kier molecular flexibility index (Phi) is 4.26. The molecule has 3 nitrogen and oxygen atoms in total. The zero-order valence-electron chi connectivity index (χ0n) is 10.4. The van der Waals surface area contributed by atoms with Gasteiger partial charge in [0.25, 0.3) is 0 Å².